The average molecular weight is 237 g/mol. The van der Waals surface area contributed by atoms with Crippen LogP contribution >= 0.6 is 0 Å². The number of carbonyl (C=O) groups excluding carboxylic acids is 1. The standard InChI is InChI=1S/C15H11NO2/c1-10(17)18-14-8-4-6-12-9-11-5-2-3-7-13(11)16-15(12)14/h2-9H,1H3. The molecule has 0 saturated carbocycles. The number of carbonyl (C=O) groups is 1. The van der Waals surface area contributed by atoms with Gasteiger partial charge in [-0.05, 0) is 18.2 Å². The smallest absolute Gasteiger partial charge is 0.308 e. The number of pyridine rings is 1. The van der Waals surface area contributed by atoms with Crippen LogP contribution in [0.1, 0.15) is 6.92 Å². The van der Waals surface area contributed by atoms with E-state index in [1.807, 2.05) is 42.5 Å². The van der Waals surface area contributed by atoms with E-state index in [2.05, 4.69) is 4.98 Å². The van der Waals surface area contributed by atoms with Crippen molar-refractivity contribution in [3.05, 3.63) is 48.5 Å². The lowest BCUT2D eigenvalue weighted by molar-refractivity contribution is -0.131. The van der Waals surface area contributed by atoms with Gasteiger partial charge in [-0.15, -0.1) is 0 Å². The summed E-state index contributed by atoms with van der Waals surface area (Å²) in [5, 5.41) is 2.04. The van der Waals surface area contributed by atoms with Gasteiger partial charge in [0.1, 0.15) is 5.52 Å². The molecule has 0 radical (unpaired) electrons. The van der Waals surface area contributed by atoms with E-state index in [-0.39, 0.29) is 5.97 Å². The van der Waals surface area contributed by atoms with E-state index < -0.39 is 0 Å². The molecule has 3 heteroatoms. The molecule has 0 N–H and O–H groups in total. The van der Waals surface area contributed by atoms with Gasteiger partial charge in [0.15, 0.2) is 5.75 Å². The minimum atomic E-state index is -0.336. The number of nitrogens with zero attached hydrogens (tertiary/aromatic N) is 1. The zero-order valence-electron chi connectivity index (χ0n) is 9.88. The summed E-state index contributed by atoms with van der Waals surface area (Å²) in [6.45, 7) is 1.39. The largest absolute Gasteiger partial charge is 0.424 e. The van der Waals surface area contributed by atoms with Crippen molar-refractivity contribution in [2.75, 3.05) is 0 Å². The monoisotopic (exact) mass is 237 g/mol. The molecule has 0 unspecified atom stereocenters. The number of hydrogen-bond acceptors (Lipinski definition) is 3. The first-order valence-electron chi connectivity index (χ1n) is 5.71. The van der Waals surface area contributed by atoms with Crippen LogP contribution in [0.2, 0.25) is 0 Å². The summed E-state index contributed by atoms with van der Waals surface area (Å²) in [5.41, 5.74) is 1.61. The van der Waals surface area contributed by atoms with Gasteiger partial charge in [-0.1, -0.05) is 30.3 Å². The van der Waals surface area contributed by atoms with Crippen LogP contribution in [-0.2, 0) is 4.79 Å². The van der Waals surface area contributed by atoms with E-state index in [0.29, 0.717) is 11.3 Å². The predicted octanol–water partition coefficient (Wildman–Crippen LogP) is 3.31. The Balaban J connectivity index is 2.32. The highest BCUT2D eigenvalue weighted by Gasteiger charge is 2.07. The first kappa shape index (κ1) is 10.7. The third kappa shape index (κ3) is 1.80. The SMILES string of the molecule is CC(=O)Oc1cccc2cc3ccccc3nc12. The van der Waals surface area contributed by atoms with E-state index in [1.165, 1.54) is 6.92 Å². The molecule has 0 atom stereocenters. The fourth-order valence-corrected chi connectivity index (χ4v) is 2.01. The van der Waals surface area contributed by atoms with Gasteiger partial charge < -0.3 is 4.74 Å². The maximum Gasteiger partial charge on any atom is 0.308 e. The highest BCUT2D eigenvalue weighted by atomic mass is 16.5. The van der Waals surface area contributed by atoms with Crippen LogP contribution in [0.15, 0.2) is 48.5 Å². The summed E-state index contributed by atoms with van der Waals surface area (Å²) in [6.07, 6.45) is 0. The summed E-state index contributed by atoms with van der Waals surface area (Å²) in [4.78, 5) is 15.6. The van der Waals surface area contributed by atoms with Crippen molar-refractivity contribution in [2.24, 2.45) is 0 Å². The Labute approximate surface area is 104 Å². The van der Waals surface area contributed by atoms with Crippen LogP contribution in [0.5, 0.6) is 5.75 Å². The first-order valence-corrected chi connectivity index (χ1v) is 5.71. The minimum absolute atomic E-state index is 0.336. The van der Waals surface area contributed by atoms with Crippen molar-refractivity contribution in [3.8, 4) is 5.75 Å². The van der Waals surface area contributed by atoms with Gasteiger partial charge in [-0.3, -0.25) is 4.79 Å². The summed E-state index contributed by atoms with van der Waals surface area (Å²) >= 11 is 0. The summed E-state index contributed by atoms with van der Waals surface area (Å²) in [7, 11) is 0. The molecule has 2 aromatic carbocycles. The van der Waals surface area contributed by atoms with E-state index in [0.717, 1.165) is 16.3 Å². The molecular weight excluding hydrogens is 226 g/mol. The lowest BCUT2D eigenvalue weighted by atomic mass is 10.1. The molecule has 3 aromatic rings. The molecule has 88 valence electrons. The number of ether oxygens (including phenoxy) is 1. The number of rotatable bonds is 1. The predicted molar refractivity (Wildman–Crippen MR) is 70.6 cm³/mol. The molecule has 0 aliphatic carbocycles. The zero-order valence-corrected chi connectivity index (χ0v) is 9.88. The molecule has 18 heavy (non-hydrogen) atoms. The molecule has 0 saturated heterocycles. The van der Waals surface area contributed by atoms with Gasteiger partial charge in [-0.25, -0.2) is 4.98 Å². The number of benzene rings is 2. The highest BCUT2D eigenvalue weighted by molar-refractivity contribution is 5.96. The molecule has 0 aliphatic heterocycles. The van der Waals surface area contributed by atoms with Crippen molar-refractivity contribution < 1.29 is 9.53 Å². The van der Waals surface area contributed by atoms with E-state index in [1.54, 1.807) is 6.07 Å². The molecule has 0 bridgehead atoms. The number of esters is 1. The van der Waals surface area contributed by atoms with Gasteiger partial charge in [-0.2, -0.15) is 0 Å². The van der Waals surface area contributed by atoms with Gasteiger partial charge >= 0.3 is 5.97 Å². The summed E-state index contributed by atoms with van der Waals surface area (Å²) < 4.78 is 5.17. The van der Waals surface area contributed by atoms with Crippen molar-refractivity contribution in [3.63, 3.8) is 0 Å². The topological polar surface area (TPSA) is 39.2 Å². The van der Waals surface area contributed by atoms with Crippen LogP contribution in [0, 0.1) is 0 Å². The van der Waals surface area contributed by atoms with Gasteiger partial charge in [0, 0.05) is 17.7 Å². The van der Waals surface area contributed by atoms with Gasteiger partial charge in [0.2, 0.25) is 0 Å². The van der Waals surface area contributed by atoms with Gasteiger partial charge in [0.05, 0.1) is 5.52 Å². The lowest BCUT2D eigenvalue weighted by Crippen LogP contribution is -2.02. The van der Waals surface area contributed by atoms with Crippen LogP contribution in [0.25, 0.3) is 21.8 Å². The molecule has 1 aromatic heterocycles. The Morgan fingerprint density at radius 1 is 1.06 bits per heavy atom. The summed E-state index contributed by atoms with van der Waals surface area (Å²) in [5.74, 6) is 0.170. The Morgan fingerprint density at radius 3 is 2.67 bits per heavy atom. The van der Waals surface area contributed by atoms with Crippen LogP contribution < -0.4 is 4.74 Å². The Bertz CT molecular complexity index is 750. The second-order valence-electron chi connectivity index (χ2n) is 4.10. The third-order valence-corrected chi connectivity index (χ3v) is 2.76. The van der Waals surface area contributed by atoms with E-state index >= 15 is 0 Å². The second-order valence-corrected chi connectivity index (χ2v) is 4.10. The average Bonchev–Trinajstić information content (AvgIpc) is 2.36. The van der Waals surface area contributed by atoms with Crippen molar-refractivity contribution >= 4 is 27.8 Å². The highest BCUT2D eigenvalue weighted by Crippen LogP contribution is 2.27. The Kier molecular flexibility index (Phi) is 2.45. The maximum absolute atomic E-state index is 11.1. The fraction of sp³-hybridized carbons (Fsp3) is 0.0667. The molecule has 3 nitrogen and oxygen atoms in total. The van der Waals surface area contributed by atoms with Crippen molar-refractivity contribution in [1.82, 2.24) is 4.98 Å². The van der Waals surface area contributed by atoms with E-state index in [9.17, 15) is 4.79 Å². The number of hydrogen-bond donors (Lipinski definition) is 0. The Hall–Kier alpha value is -2.42. The maximum atomic E-state index is 11.1. The molecular formula is C15H11NO2. The molecule has 0 fully saturated rings. The quantitative estimate of drug-likeness (QED) is 0.370. The molecule has 0 amide bonds. The third-order valence-electron chi connectivity index (χ3n) is 2.76. The van der Waals surface area contributed by atoms with Crippen LogP contribution in [0.3, 0.4) is 0 Å². The van der Waals surface area contributed by atoms with Gasteiger partial charge in [0.25, 0.3) is 0 Å². The number of aromatic nitrogens is 1. The zero-order chi connectivity index (χ0) is 12.5. The van der Waals surface area contributed by atoms with Crippen LogP contribution in [-0.4, -0.2) is 11.0 Å². The molecule has 0 spiro atoms. The van der Waals surface area contributed by atoms with E-state index in [4.69, 9.17) is 4.74 Å². The second kappa shape index (κ2) is 4.11. The normalized spacial score (nSPS) is 10.7. The van der Waals surface area contributed by atoms with Crippen molar-refractivity contribution in [2.45, 2.75) is 6.92 Å². The first-order chi connectivity index (χ1) is 8.74. The summed E-state index contributed by atoms with van der Waals surface area (Å²) in [6, 6.07) is 15.5. The molecule has 1 heterocycles. The number of para-hydroxylation sites is 2. The van der Waals surface area contributed by atoms with Crippen molar-refractivity contribution in [1.29, 1.82) is 0 Å². The van der Waals surface area contributed by atoms with Crippen LogP contribution in [0.4, 0.5) is 0 Å². The fourth-order valence-electron chi connectivity index (χ4n) is 2.01. The lowest BCUT2D eigenvalue weighted by Gasteiger charge is -2.06. The molecule has 3 rings (SSSR count). The molecule has 0 aliphatic rings. The number of fused-ring (bicyclic) bond motifs is 2. The minimum Gasteiger partial charge on any atom is -0.424 e. The Morgan fingerprint density at radius 2 is 1.83 bits per heavy atom.